The van der Waals surface area contributed by atoms with Crippen LogP contribution in [0.1, 0.15) is 44.5 Å². The summed E-state index contributed by atoms with van der Waals surface area (Å²) < 4.78 is 4.99. The minimum Gasteiger partial charge on any atom is -0.507 e. The smallest absolute Gasteiger partial charge is 0.315 e. The fourth-order valence-electron chi connectivity index (χ4n) is 3.69. The normalized spacial score (nSPS) is 12.1. The average molecular weight is 466 g/mol. The molecule has 8 N–H and O–H groups in total. The van der Waals surface area contributed by atoms with Crippen LogP contribution in [0, 0.1) is 13.8 Å². The van der Waals surface area contributed by atoms with E-state index in [1.807, 2.05) is 0 Å². The van der Waals surface area contributed by atoms with Gasteiger partial charge in [-0.2, -0.15) is 0 Å². The molecule has 0 unspecified atom stereocenters. The third-order valence-electron chi connectivity index (χ3n) is 5.53. The minimum atomic E-state index is -1.16. The first kappa shape index (κ1) is 25.9. The molecule has 2 aromatic carbocycles. The van der Waals surface area contributed by atoms with Gasteiger partial charge in [0.1, 0.15) is 23.0 Å². The van der Waals surface area contributed by atoms with Crippen LogP contribution in [0.5, 0.6) is 23.0 Å². The van der Waals surface area contributed by atoms with Crippen molar-refractivity contribution in [3.63, 3.8) is 0 Å². The van der Waals surface area contributed by atoms with Crippen molar-refractivity contribution in [1.29, 1.82) is 0 Å². The Morgan fingerprint density at radius 3 is 1.70 bits per heavy atom. The zero-order chi connectivity index (χ0) is 25.0. The summed E-state index contributed by atoms with van der Waals surface area (Å²) >= 11 is 0. The number of hydrogen-bond donors (Lipinski definition) is 8. The van der Waals surface area contributed by atoms with Gasteiger partial charge in [0.2, 0.25) is 0 Å². The van der Waals surface area contributed by atoms with Gasteiger partial charge >= 0.3 is 11.9 Å². The topological polar surface area (TPSA) is 205 Å². The highest BCUT2D eigenvalue weighted by Crippen LogP contribution is 2.41. The third kappa shape index (κ3) is 4.86. The molecule has 1 aliphatic rings. The number of aliphatic carboxylic acids is 1. The summed E-state index contributed by atoms with van der Waals surface area (Å²) in [4.78, 5) is 21.8. The van der Waals surface area contributed by atoms with Gasteiger partial charge in [-0.3, -0.25) is 9.59 Å². The predicted molar refractivity (Wildman–Crippen MR) is 112 cm³/mol. The standard InChI is InChI=1S/C11H14O6.C11H12O5/c1-5-6(2-9(14)15)11(17)8(4-13)7(3-12)10(5)16;1-5-6-2-9(14)16-11(6)8(4-13)7(3-12)10(5)15/h12-13,16-17H,2-4H2,1H3,(H,14,15);12-13,15H,2-4H2,1H3. The largest absolute Gasteiger partial charge is 0.507 e. The van der Waals surface area contributed by atoms with Crippen molar-refractivity contribution < 1.29 is 55.2 Å². The van der Waals surface area contributed by atoms with Gasteiger partial charge in [0, 0.05) is 33.4 Å². The van der Waals surface area contributed by atoms with Crippen LogP contribution in [0.3, 0.4) is 0 Å². The Balaban J connectivity index is 0.000000234. The first-order valence-electron chi connectivity index (χ1n) is 9.80. The number of carboxylic acids is 1. The van der Waals surface area contributed by atoms with E-state index < -0.39 is 43.9 Å². The number of ether oxygens (including phenoxy) is 1. The number of benzene rings is 2. The molecular weight excluding hydrogens is 440 g/mol. The molecule has 180 valence electrons. The molecule has 1 aliphatic heterocycles. The van der Waals surface area contributed by atoms with E-state index in [4.69, 9.17) is 25.2 Å². The van der Waals surface area contributed by atoms with Crippen molar-refractivity contribution in [3.05, 3.63) is 44.5 Å². The fourth-order valence-corrected chi connectivity index (χ4v) is 3.69. The molecule has 3 rings (SSSR count). The van der Waals surface area contributed by atoms with Gasteiger partial charge in [-0.15, -0.1) is 0 Å². The predicted octanol–water partition coefficient (Wildman–Crippen LogP) is 0.165. The number of aliphatic hydroxyl groups is 4. The van der Waals surface area contributed by atoms with Crippen molar-refractivity contribution in [2.45, 2.75) is 53.1 Å². The van der Waals surface area contributed by atoms with E-state index >= 15 is 0 Å². The Labute approximate surface area is 188 Å². The van der Waals surface area contributed by atoms with Crippen molar-refractivity contribution in [2.75, 3.05) is 0 Å². The highest BCUT2D eigenvalue weighted by Gasteiger charge is 2.30. The number of esters is 1. The summed E-state index contributed by atoms with van der Waals surface area (Å²) in [5.74, 6) is -2.07. The van der Waals surface area contributed by atoms with Crippen LogP contribution in [0.15, 0.2) is 0 Å². The maximum atomic E-state index is 11.2. The van der Waals surface area contributed by atoms with Gasteiger partial charge in [-0.1, -0.05) is 0 Å². The summed E-state index contributed by atoms with van der Waals surface area (Å²) in [7, 11) is 0. The van der Waals surface area contributed by atoms with Gasteiger partial charge < -0.3 is 45.6 Å². The van der Waals surface area contributed by atoms with Crippen LogP contribution in [0.25, 0.3) is 0 Å². The molecule has 0 aliphatic carbocycles. The lowest BCUT2D eigenvalue weighted by Crippen LogP contribution is -2.07. The van der Waals surface area contributed by atoms with Gasteiger partial charge in [0.15, 0.2) is 0 Å². The monoisotopic (exact) mass is 466 g/mol. The molecule has 0 bridgehead atoms. The molecule has 0 saturated carbocycles. The molecule has 2 aromatic rings. The molecule has 33 heavy (non-hydrogen) atoms. The van der Waals surface area contributed by atoms with E-state index in [2.05, 4.69) is 0 Å². The van der Waals surface area contributed by atoms with Crippen LogP contribution in [0.4, 0.5) is 0 Å². The van der Waals surface area contributed by atoms with Gasteiger partial charge in [0.25, 0.3) is 0 Å². The van der Waals surface area contributed by atoms with Crippen molar-refractivity contribution >= 4 is 11.9 Å². The van der Waals surface area contributed by atoms with Crippen LogP contribution >= 0.6 is 0 Å². The van der Waals surface area contributed by atoms with E-state index in [0.29, 0.717) is 11.1 Å². The van der Waals surface area contributed by atoms with Gasteiger partial charge in [0.05, 0.1) is 39.3 Å². The third-order valence-corrected chi connectivity index (χ3v) is 5.53. The van der Waals surface area contributed by atoms with E-state index in [-0.39, 0.29) is 63.7 Å². The summed E-state index contributed by atoms with van der Waals surface area (Å²) in [6, 6.07) is 0. The second-order valence-corrected chi connectivity index (χ2v) is 7.35. The lowest BCUT2D eigenvalue weighted by atomic mass is 9.94. The summed E-state index contributed by atoms with van der Waals surface area (Å²) in [5, 5.41) is 74.5. The number of rotatable bonds is 6. The molecule has 1 heterocycles. The zero-order valence-corrected chi connectivity index (χ0v) is 18.0. The quantitative estimate of drug-likeness (QED) is 0.163. The molecule has 0 radical (unpaired) electrons. The molecule has 11 heteroatoms. The first-order valence-corrected chi connectivity index (χ1v) is 9.80. The number of aliphatic hydroxyl groups excluding tert-OH is 4. The van der Waals surface area contributed by atoms with E-state index in [1.165, 1.54) is 6.92 Å². The Hall–Kier alpha value is -3.38. The molecule has 0 aromatic heterocycles. The maximum Gasteiger partial charge on any atom is 0.315 e. The van der Waals surface area contributed by atoms with E-state index in [9.17, 15) is 30.0 Å². The van der Waals surface area contributed by atoms with Crippen molar-refractivity contribution in [2.24, 2.45) is 0 Å². The molecule has 0 atom stereocenters. The molecule has 11 nitrogen and oxygen atoms in total. The van der Waals surface area contributed by atoms with E-state index in [0.717, 1.165) is 0 Å². The van der Waals surface area contributed by atoms with Crippen LogP contribution < -0.4 is 4.74 Å². The summed E-state index contributed by atoms with van der Waals surface area (Å²) in [5.41, 5.74) is 1.79. The molecule has 0 spiro atoms. The van der Waals surface area contributed by atoms with Gasteiger partial charge in [-0.25, -0.2) is 0 Å². The number of fused-ring (bicyclic) bond motifs is 1. The molecule has 0 saturated heterocycles. The number of carboxylic acid groups (broad SMARTS) is 1. The Bertz CT molecular complexity index is 1090. The average Bonchev–Trinajstić information content (AvgIpc) is 3.17. The number of aromatic hydroxyl groups is 3. The van der Waals surface area contributed by atoms with Crippen LogP contribution in [-0.4, -0.2) is 52.8 Å². The Morgan fingerprint density at radius 2 is 1.21 bits per heavy atom. The highest BCUT2D eigenvalue weighted by atomic mass is 16.5. The van der Waals surface area contributed by atoms with Crippen LogP contribution in [0.2, 0.25) is 0 Å². The zero-order valence-electron chi connectivity index (χ0n) is 18.0. The number of carbonyl (C=O) groups excluding carboxylic acids is 1. The number of phenols is 3. The molecule has 0 amide bonds. The fraction of sp³-hybridized carbons (Fsp3) is 0.364. The minimum absolute atomic E-state index is 0.0108. The second-order valence-electron chi connectivity index (χ2n) is 7.35. The van der Waals surface area contributed by atoms with E-state index in [1.54, 1.807) is 6.92 Å². The Morgan fingerprint density at radius 1 is 0.758 bits per heavy atom. The maximum absolute atomic E-state index is 11.2. The molecular formula is C22H26O11. The summed E-state index contributed by atoms with van der Waals surface area (Å²) in [6.45, 7) is 1.14. The SMILES string of the molecule is Cc1c(O)c(CO)c(CO)c(O)c1CC(=O)O.Cc1c(O)c(CO)c(CO)c2c1CC(=O)O2. The van der Waals surface area contributed by atoms with Crippen molar-refractivity contribution in [3.8, 4) is 23.0 Å². The first-order chi connectivity index (χ1) is 15.5. The highest BCUT2D eigenvalue weighted by molar-refractivity contribution is 5.84. The summed E-state index contributed by atoms with van der Waals surface area (Å²) in [6.07, 6.45) is -0.378. The van der Waals surface area contributed by atoms with Crippen molar-refractivity contribution in [1.82, 2.24) is 0 Å². The second kappa shape index (κ2) is 10.5. The Kier molecular flexibility index (Phi) is 8.23. The molecule has 0 fully saturated rings. The number of hydrogen-bond acceptors (Lipinski definition) is 10. The van der Waals surface area contributed by atoms with Crippen LogP contribution in [-0.2, 0) is 48.9 Å². The lowest BCUT2D eigenvalue weighted by Gasteiger charge is -2.16. The van der Waals surface area contributed by atoms with Gasteiger partial charge in [-0.05, 0) is 25.0 Å². The number of carbonyl (C=O) groups is 2. The lowest BCUT2D eigenvalue weighted by molar-refractivity contribution is -0.136.